The summed E-state index contributed by atoms with van der Waals surface area (Å²) in [5.74, 6) is -0.312. The first-order chi connectivity index (χ1) is 19.9. The molecule has 6 aromatic rings. The van der Waals surface area contributed by atoms with Crippen LogP contribution in [0.2, 0.25) is 5.02 Å². The number of furan rings is 1. The van der Waals surface area contributed by atoms with Gasteiger partial charge in [0.1, 0.15) is 18.0 Å². The normalized spacial score (nSPS) is 11.5. The number of nitro benzene ring substituents is 1. The maximum Gasteiger partial charge on any atom is 0.313 e. The van der Waals surface area contributed by atoms with E-state index in [1.807, 2.05) is 18.2 Å². The van der Waals surface area contributed by atoms with Gasteiger partial charge in [-0.3, -0.25) is 14.9 Å². The van der Waals surface area contributed by atoms with Crippen LogP contribution in [0, 0.1) is 15.9 Å². The first-order valence-electron chi connectivity index (χ1n) is 12.3. The minimum atomic E-state index is -0.663. The molecule has 0 amide bonds. The number of rotatable bonds is 7. The van der Waals surface area contributed by atoms with Crippen LogP contribution in [0.3, 0.4) is 0 Å². The minimum absolute atomic E-state index is 0.0397. The fourth-order valence-corrected chi connectivity index (χ4v) is 4.58. The van der Waals surface area contributed by atoms with Crippen molar-refractivity contribution in [2.24, 2.45) is 5.10 Å². The Labute approximate surface area is 235 Å². The average Bonchev–Trinajstić information content (AvgIpc) is 3.41. The number of fused-ring (bicyclic) bond motifs is 2. The minimum Gasteiger partial charge on any atom is -0.481 e. The number of hydrogen-bond donors (Lipinski definition) is 0. The number of aromatic nitrogens is 2. The van der Waals surface area contributed by atoms with Gasteiger partial charge in [0.25, 0.3) is 5.56 Å². The molecule has 4 aromatic carbocycles. The van der Waals surface area contributed by atoms with Crippen LogP contribution in [0.25, 0.3) is 33.5 Å². The van der Waals surface area contributed by atoms with E-state index in [-0.39, 0.29) is 34.3 Å². The Bertz CT molecular complexity index is 2020. The van der Waals surface area contributed by atoms with Crippen LogP contribution in [0.1, 0.15) is 11.1 Å². The lowest BCUT2D eigenvalue weighted by Crippen LogP contribution is -2.20. The Morgan fingerprint density at radius 3 is 2.61 bits per heavy atom. The lowest BCUT2D eigenvalue weighted by atomic mass is 10.1. The summed E-state index contributed by atoms with van der Waals surface area (Å²) in [6.07, 6.45) is 1.21. The Balaban J connectivity index is 1.50. The van der Waals surface area contributed by atoms with Crippen molar-refractivity contribution in [2.75, 3.05) is 0 Å². The zero-order chi connectivity index (χ0) is 28.5. The van der Waals surface area contributed by atoms with Gasteiger partial charge in [0, 0.05) is 27.6 Å². The average molecular weight is 569 g/mol. The quantitative estimate of drug-likeness (QED) is 0.117. The molecule has 0 saturated carbocycles. The highest BCUT2D eigenvalue weighted by Gasteiger charge is 2.22. The van der Waals surface area contributed by atoms with E-state index in [1.54, 1.807) is 42.5 Å². The van der Waals surface area contributed by atoms with E-state index in [9.17, 15) is 19.3 Å². The van der Waals surface area contributed by atoms with Crippen molar-refractivity contribution in [1.29, 1.82) is 0 Å². The Hall–Kier alpha value is -5.35. The van der Waals surface area contributed by atoms with Gasteiger partial charge in [0.2, 0.25) is 11.6 Å². The first kappa shape index (κ1) is 25.9. The van der Waals surface area contributed by atoms with Crippen molar-refractivity contribution in [2.45, 2.75) is 6.61 Å². The van der Waals surface area contributed by atoms with Gasteiger partial charge >= 0.3 is 5.69 Å². The molecule has 0 atom stereocenters. The summed E-state index contributed by atoms with van der Waals surface area (Å²) >= 11 is 6.19. The van der Waals surface area contributed by atoms with E-state index in [4.69, 9.17) is 20.8 Å². The van der Waals surface area contributed by atoms with E-state index < -0.39 is 22.0 Å². The summed E-state index contributed by atoms with van der Waals surface area (Å²) in [6.45, 7) is -0.294. The van der Waals surface area contributed by atoms with Gasteiger partial charge in [0.05, 0.1) is 22.0 Å². The van der Waals surface area contributed by atoms with E-state index in [1.165, 1.54) is 30.5 Å². The molecule has 2 heterocycles. The van der Waals surface area contributed by atoms with Crippen LogP contribution in [-0.4, -0.2) is 20.8 Å². The van der Waals surface area contributed by atoms with Crippen LogP contribution in [0.15, 0.2) is 105 Å². The highest BCUT2D eigenvalue weighted by atomic mass is 35.5. The maximum absolute atomic E-state index is 14.2. The Kier molecular flexibility index (Phi) is 6.74. The van der Waals surface area contributed by atoms with E-state index >= 15 is 0 Å². The molecule has 202 valence electrons. The van der Waals surface area contributed by atoms with Gasteiger partial charge < -0.3 is 9.15 Å². The largest absolute Gasteiger partial charge is 0.481 e. The number of ether oxygens (including phenoxy) is 1. The lowest BCUT2D eigenvalue weighted by molar-refractivity contribution is -0.385. The third-order valence-electron chi connectivity index (χ3n) is 6.30. The molecule has 6 rings (SSSR count). The molecule has 0 unspecified atom stereocenters. The molecule has 0 saturated heterocycles. The third-order valence-corrected chi connectivity index (χ3v) is 6.52. The number of halogens is 2. The third kappa shape index (κ3) is 5.04. The highest BCUT2D eigenvalue weighted by Crippen LogP contribution is 2.35. The van der Waals surface area contributed by atoms with Gasteiger partial charge in [-0.2, -0.15) is 9.78 Å². The highest BCUT2D eigenvalue weighted by molar-refractivity contribution is 6.31. The van der Waals surface area contributed by atoms with Crippen molar-refractivity contribution in [1.82, 2.24) is 9.66 Å². The molecular formula is C30H18ClFN4O5. The van der Waals surface area contributed by atoms with Crippen molar-refractivity contribution < 1.29 is 18.5 Å². The van der Waals surface area contributed by atoms with Crippen molar-refractivity contribution in [3.8, 4) is 17.3 Å². The molecule has 11 heteroatoms. The van der Waals surface area contributed by atoms with Crippen LogP contribution < -0.4 is 10.3 Å². The fourth-order valence-electron chi connectivity index (χ4n) is 4.36. The summed E-state index contributed by atoms with van der Waals surface area (Å²) in [6, 6.07) is 24.3. The smallest absolute Gasteiger partial charge is 0.313 e. The Morgan fingerprint density at radius 2 is 1.80 bits per heavy atom. The topological polar surface area (TPSA) is 113 Å². The standard InChI is InChI=1S/C30H18ClFN4O5/c31-21-13-20(28(25(15-21)36(38)39)40-17-19-8-1-4-10-23(19)32)16-33-35-29(27-14-18-7-2-6-12-26(18)41-27)34-24-11-5-3-9-22(24)30(35)37/h1-16H,17H2. The van der Waals surface area contributed by atoms with Crippen LogP contribution in [0.5, 0.6) is 5.75 Å². The second-order valence-corrected chi connectivity index (χ2v) is 9.38. The van der Waals surface area contributed by atoms with Gasteiger partial charge in [-0.15, -0.1) is 0 Å². The van der Waals surface area contributed by atoms with Gasteiger partial charge in [-0.25, -0.2) is 9.37 Å². The molecule has 0 aliphatic heterocycles. The van der Waals surface area contributed by atoms with Crippen LogP contribution >= 0.6 is 11.6 Å². The second-order valence-electron chi connectivity index (χ2n) is 8.94. The zero-order valence-corrected chi connectivity index (χ0v) is 21.8. The van der Waals surface area contributed by atoms with Gasteiger partial charge in [0.15, 0.2) is 5.76 Å². The Morgan fingerprint density at radius 1 is 1.05 bits per heavy atom. The van der Waals surface area contributed by atoms with E-state index in [0.717, 1.165) is 16.1 Å². The predicted octanol–water partition coefficient (Wildman–Crippen LogP) is 6.97. The predicted molar refractivity (Wildman–Crippen MR) is 153 cm³/mol. The molecule has 0 bridgehead atoms. The molecule has 0 aliphatic rings. The number of nitro groups is 1. The lowest BCUT2D eigenvalue weighted by Gasteiger charge is -2.11. The molecule has 41 heavy (non-hydrogen) atoms. The number of nitrogens with zero attached hydrogens (tertiary/aromatic N) is 4. The molecule has 0 aliphatic carbocycles. The molecule has 9 nitrogen and oxygen atoms in total. The van der Waals surface area contributed by atoms with Crippen LogP contribution in [0.4, 0.5) is 10.1 Å². The van der Waals surface area contributed by atoms with Crippen molar-refractivity contribution >= 4 is 45.4 Å². The first-order valence-corrected chi connectivity index (χ1v) is 12.7. The summed E-state index contributed by atoms with van der Waals surface area (Å²) in [5.41, 5.74) is 0.379. The molecule has 2 aromatic heterocycles. The molecule has 0 spiro atoms. The number of benzene rings is 4. The fraction of sp³-hybridized carbons (Fsp3) is 0.0333. The SMILES string of the molecule is O=c1c2ccccc2nc(-c2cc3ccccc3o2)n1N=Cc1cc(Cl)cc([N+](=O)[O-])c1OCc1ccccc1F. The van der Waals surface area contributed by atoms with E-state index in [2.05, 4.69) is 10.1 Å². The zero-order valence-electron chi connectivity index (χ0n) is 21.0. The summed E-state index contributed by atoms with van der Waals surface area (Å²) in [5, 5.41) is 17.4. The number of hydrogen-bond acceptors (Lipinski definition) is 7. The monoisotopic (exact) mass is 568 g/mol. The van der Waals surface area contributed by atoms with Gasteiger partial charge in [-0.05, 0) is 36.4 Å². The molecular weight excluding hydrogens is 551 g/mol. The summed E-state index contributed by atoms with van der Waals surface area (Å²) < 4.78 is 27.0. The second kappa shape index (κ2) is 10.7. The van der Waals surface area contributed by atoms with E-state index in [0.29, 0.717) is 22.2 Å². The van der Waals surface area contributed by atoms with Crippen LogP contribution in [-0.2, 0) is 6.61 Å². The summed E-state index contributed by atoms with van der Waals surface area (Å²) in [4.78, 5) is 29.4. The van der Waals surface area contributed by atoms with Gasteiger partial charge in [-0.1, -0.05) is 60.1 Å². The molecule has 0 radical (unpaired) electrons. The number of para-hydroxylation sites is 2. The van der Waals surface area contributed by atoms with Crippen molar-refractivity contribution in [3.63, 3.8) is 0 Å². The van der Waals surface area contributed by atoms with Crippen molar-refractivity contribution in [3.05, 3.63) is 133 Å². The molecule has 0 fully saturated rings. The molecule has 0 N–H and O–H groups in total. The maximum atomic E-state index is 14.2. The summed E-state index contributed by atoms with van der Waals surface area (Å²) in [7, 11) is 0.